The van der Waals surface area contributed by atoms with E-state index in [1.807, 2.05) is 0 Å². The molecule has 3 N–H and O–H groups in total. The van der Waals surface area contributed by atoms with Crippen LogP contribution in [-0.4, -0.2) is 10.9 Å². The van der Waals surface area contributed by atoms with Crippen LogP contribution in [0.3, 0.4) is 0 Å². The fraction of sp³-hybridized carbons (Fsp3) is 0.0667. The van der Waals surface area contributed by atoms with Crippen LogP contribution in [0.25, 0.3) is 0 Å². The van der Waals surface area contributed by atoms with Gasteiger partial charge in [0.15, 0.2) is 0 Å². The highest BCUT2D eigenvalue weighted by Crippen LogP contribution is 2.13. The fourth-order valence-corrected chi connectivity index (χ4v) is 1.90. The summed E-state index contributed by atoms with van der Waals surface area (Å²) in [5.74, 6) is -1.82. The average molecular weight is 306 g/mol. The Bertz CT molecular complexity index is 687. The van der Waals surface area contributed by atoms with Gasteiger partial charge in [0.1, 0.15) is 16.6 Å². The second-order valence-electron chi connectivity index (χ2n) is 4.40. The Balaban J connectivity index is 2.02. The molecule has 0 unspecified atom stereocenters. The first-order chi connectivity index (χ1) is 9.95. The quantitative estimate of drug-likeness (QED) is 0.854. The van der Waals surface area contributed by atoms with E-state index in [2.05, 4.69) is 5.32 Å². The first kappa shape index (κ1) is 15.1. The van der Waals surface area contributed by atoms with Crippen LogP contribution in [0.1, 0.15) is 11.1 Å². The molecule has 0 aliphatic heterocycles. The zero-order valence-corrected chi connectivity index (χ0v) is 11.7. The number of carbonyl (C=O) groups excluding carboxylic acids is 1. The summed E-state index contributed by atoms with van der Waals surface area (Å²) in [6.45, 7) is 0. The molecule has 0 saturated heterocycles. The second-order valence-corrected chi connectivity index (χ2v) is 4.84. The maximum Gasteiger partial charge on any atom is 0.228 e. The zero-order chi connectivity index (χ0) is 15.4. The van der Waals surface area contributed by atoms with Crippen molar-refractivity contribution in [1.82, 2.24) is 0 Å². The Hall–Kier alpha value is -2.34. The minimum Gasteiger partial charge on any atom is -0.389 e. The van der Waals surface area contributed by atoms with Crippen LogP contribution in [0.5, 0.6) is 0 Å². The van der Waals surface area contributed by atoms with E-state index < -0.39 is 17.5 Å². The first-order valence-electron chi connectivity index (χ1n) is 6.09. The molecule has 0 fully saturated rings. The molecule has 108 valence electrons. The molecule has 0 radical (unpaired) electrons. The van der Waals surface area contributed by atoms with Crippen molar-refractivity contribution in [2.75, 3.05) is 5.32 Å². The lowest BCUT2D eigenvalue weighted by Crippen LogP contribution is -2.15. The lowest BCUT2D eigenvalue weighted by Gasteiger charge is -2.07. The van der Waals surface area contributed by atoms with E-state index >= 15 is 0 Å². The molecular weight excluding hydrogens is 294 g/mol. The van der Waals surface area contributed by atoms with Crippen molar-refractivity contribution in [2.24, 2.45) is 5.73 Å². The Labute approximate surface area is 125 Å². The summed E-state index contributed by atoms with van der Waals surface area (Å²) in [5.41, 5.74) is 6.83. The summed E-state index contributed by atoms with van der Waals surface area (Å²) in [5, 5.41) is 2.61. The summed E-state index contributed by atoms with van der Waals surface area (Å²) < 4.78 is 26.2. The lowest BCUT2D eigenvalue weighted by molar-refractivity contribution is -0.115. The Morgan fingerprint density at radius 2 is 1.81 bits per heavy atom. The van der Waals surface area contributed by atoms with Crippen LogP contribution >= 0.6 is 12.2 Å². The van der Waals surface area contributed by atoms with Gasteiger partial charge in [0, 0.05) is 17.3 Å². The Morgan fingerprint density at radius 1 is 1.14 bits per heavy atom. The van der Waals surface area contributed by atoms with Gasteiger partial charge in [-0.05, 0) is 35.9 Å². The van der Waals surface area contributed by atoms with Crippen molar-refractivity contribution in [1.29, 1.82) is 0 Å². The van der Waals surface area contributed by atoms with Crippen molar-refractivity contribution in [3.63, 3.8) is 0 Å². The number of nitrogens with one attached hydrogen (secondary N) is 1. The van der Waals surface area contributed by atoms with E-state index in [1.165, 1.54) is 6.07 Å². The molecule has 0 heterocycles. The third-order valence-corrected chi connectivity index (χ3v) is 3.05. The van der Waals surface area contributed by atoms with E-state index in [-0.39, 0.29) is 17.0 Å². The number of hydrogen-bond donors (Lipinski definition) is 2. The van der Waals surface area contributed by atoms with Crippen LogP contribution in [0.2, 0.25) is 0 Å². The van der Waals surface area contributed by atoms with Gasteiger partial charge in [-0.25, -0.2) is 8.78 Å². The molecule has 2 aromatic rings. The molecule has 2 aromatic carbocycles. The van der Waals surface area contributed by atoms with Crippen LogP contribution in [0.4, 0.5) is 14.5 Å². The molecule has 0 aliphatic rings. The highest BCUT2D eigenvalue weighted by atomic mass is 32.1. The van der Waals surface area contributed by atoms with E-state index in [1.54, 1.807) is 24.3 Å². The van der Waals surface area contributed by atoms with E-state index in [0.29, 0.717) is 11.3 Å². The number of amides is 1. The number of carbonyl (C=O) groups is 1. The number of anilines is 1. The van der Waals surface area contributed by atoms with Gasteiger partial charge in [0.25, 0.3) is 0 Å². The van der Waals surface area contributed by atoms with Crippen LogP contribution in [0, 0.1) is 11.6 Å². The van der Waals surface area contributed by atoms with Gasteiger partial charge in [-0.1, -0.05) is 18.3 Å². The first-order valence-corrected chi connectivity index (χ1v) is 6.50. The molecule has 0 saturated carbocycles. The highest BCUT2D eigenvalue weighted by Gasteiger charge is 2.09. The van der Waals surface area contributed by atoms with Gasteiger partial charge in [0.05, 0.1) is 6.42 Å². The average Bonchev–Trinajstić information content (AvgIpc) is 2.42. The van der Waals surface area contributed by atoms with Crippen molar-refractivity contribution in [2.45, 2.75) is 6.42 Å². The van der Waals surface area contributed by atoms with Gasteiger partial charge < -0.3 is 11.1 Å². The molecular formula is C15H12F2N2OS. The monoisotopic (exact) mass is 306 g/mol. The molecule has 0 aromatic heterocycles. The number of hydrogen-bond acceptors (Lipinski definition) is 2. The fourth-order valence-electron chi connectivity index (χ4n) is 1.76. The Morgan fingerprint density at radius 3 is 2.38 bits per heavy atom. The van der Waals surface area contributed by atoms with Crippen LogP contribution in [0.15, 0.2) is 42.5 Å². The topological polar surface area (TPSA) is 55.1 Å². The van der Waals surface area contributed by atoms with Gasteiger partial charge in [-0.2, -0.15) is 0 Å². The molecule has 0 bridgehead atoms. The van der Waals surface area contributed by atoms with Gasteiger partial charge in [-0.3, -0.25) is 4.79 Å². The van der Waals surface area contributed by atoms with E-state index in [9.17, 15) is 13.6 Å². The molecule has 21 heavy (non-hydrogen) atoms. The third-order valence-electron chi connectivity index (χ3n) is 2.82. The standard InChI is InChI=1S/C15H12F2N2OS/c16-11-4-1-10(13(17)8-11)7-14(20)19-12-5-2-9(3-6-12)15(18)21/h1-6,8H,7H2,(H2,18,21)(H,19,20). The summed E-state index contributed by atoms with van der Waals surface area (Å²) in [6, 6.07) is 9.76. The summed E-state index contributed by atoms with van der Waals surface area (Å²) >= 11 is 4.82. The largest absolute Gasteiger partial charge is 0.389 e. The molecule has 0 aliphatic carbocycles. The number of benzene rings is 2. The van der Waals surface area contributed by atoms with Crippen molar-refractivity contribution < 1.29 is 13.6 Å². The maximum absolute atomic E-state index is 13.4. The Kier molecular flexibility index (Phi) is 4.59. The van der Waals surface area contributed by atoms with E-state index in [0.717, 1.165) is 12.1 Å². The minimum absolute atomic E-state index is 0.133. The van der Waals surface area contributed by atoms with Gasteiger partial charge in [-0.15, -0.1) is 0 Å². The van der Waals surface area contributed by atoms with Crippen LogP contribution in [-0.2, 0) is 11.2 Å². The number of rotatable bonds is 4. The number of halogens is 2. The lowest BCUT2D eigenvalue weighted by atomic mass is 10.1. The SMILES string of the molecule is NC(=S)c1ccc(NC(=O)Cc2ccc(F)cc2F)cc1. The van der Waals surface area contributed by atoms with Crippen molar-refractivity contribution in [3.05, 3.63) is 65.2 Å². The summed E-state index contributed by atoms with van der Waals surface area (Å²) in [6.07, 6.45) is -0.177. The van der Waals surface area contributed by atoms with Crippen LogP contribution < -0.4 is 11.1 Å². The summed E-state index contributed by atoms with van der Waals surface area (Å²) in [7, 11) is 0. The van der Waals surface area contributed by atoms with Crippen molar-refractivity contribution in [3.8, 4) is 0 Å². The maximum atomic E-state index is 13.4. The van der Waals surface area contributed by atoms with Crippen molar-refractivity contribution >= 4 is 28.8 Å². The highest BCUT2D eigenvalue weighted by molar-refractivity contribution is 7.80. The zero-order valence-electron chi connectivity index (χ0n) is 10.9. The molecule has 0 atom stereocenters. The normalized spacial score (nSPS) is 10.2. The predicted octanol–water partition coefficient (Wildman–Crippen LogP) is 2.78. The predicted molar refractivity (Wildman–Crippen MR) is 81.0 cm³/mol. The molecule has 0 spiro atoms. The molecule has 6 heteroatoms. The number of thiocarbonyl (C=S) groups is 1. The third kappa shape index (κ3) is 4.06. The smallest absolute Gasteiger partial charge is 0.228 e. The van der Waals surface area contributed by atoms with Gasteiger partial charge >= 0.3 is 0 Å². The second kappa shape index (κ2) is 6.41. The van der Waals surface area contributed by atoms with E-state index in [4.69, 9.17) is 18.0 Å². The molecule has 3 nitrogen and oxygen atoms in total. The minimum atomic E-state index is -0.742. The molecule has 1 amide bonds. The number of nitrogens with two attached hydrogens (primary N) is 1. The van der Waals surface area contributed by atoms with Gasteiger partial charge in [0.2, 0.25) is 5.91 Å². The molecule has 2 rings (SSSR count). The summed E-state index contributed by atoms with van der Waals surface area (Å²) in [4.78, 5) is 12.1.